The fraction of sp³-hybridized carbons (Fsp3) is 0.0526. The summed E-state index contributed by atoms with van der Waals surface area (Å²) in [6.45, 7) is 1.33. The van der Waals surface area contributed by atoms with Gasteiger partial charge in [-0.15, -0.1) is 0 Å². The first-order chi connectivity index (χ1) is 12.0. The van der Waals surface area contributed by atoms with E-state index in [1.165, 1.54) is 13.0 Å². The molecule has 0 saturated heterocycles. The molecule has 3 aromatic rings. The van der Waals surface area contributed by atoms with Crippen molar-refractivity contribution in [1.29, 1.82) is 0 Å². The van der Waals surface area contributed by atoms with Gasteiger partial charge in [0.25, 0.3) is 5.69 Å². The number of aromatic nitrogens is 1. The molecule has 6 nitrogen and oxygen atoms in total. The fourth-order valence-electron chi connectivity index (χ4n) is 2.46. The maximum atomic E-state index is 11.3. The number of carbonyl (C=O) groups excluding carboxylic acids is 1. The summed E-state index contributed by atoms with van der Waals surface area (Å²) in [5.74, 6) is -0.0229. The van der Waals surface area contributed by atoms with Crippen molar-refractivity contribution in [3.05, 3.63) is 76.0 Å². The predicted molar refractivity (Wildman–Crippen MR) is 95.1 cm³/mol. The Morgan fingerprint density at radius 1 is 1.12 bits per heavy atom. The molecular weight excluding hydrogens is 320 g/mol. The van der Waals surface area contributed by atoms with Gasteiger partial charge >= 0.3 is 5.97 Å². The van der Waals surface area contributed by atoms with Gasteiger partial charge in [0, 0.05) is 24.4 Å². The molecule has 0 aliphatic heterocycles. The van der Waals surface area contributed by atoms with Crippen LogP contribution in [0.3, 0.4) is 0 Å². The molecule has 0 unspecified atom stereocenters. The molecule has 0 radical (unpaired) electrons. The number of rotatable bonds is 4. The molecule has 1 heterocycles. The molecule has 0 atom stereocenters. The molecule has 6 heteroatoms. The summed E-state index contributed by atoms with van der Waals surface area (Å²) >= 11 is 0. The van der Waals surface area contributed by atoms with E-state index < -0.39 is 10.9 Å². The first-order valence-electron chi connectivity index (χ1n) is 7.54. The summed E-state index contributed by atoms with van der Waals surface area (Å²) in [7, 11) is 0. The highest BCUT2D eigenvalue weighted by Crippen LogP contribution is 2.27. The molecule has 25 heavy (non-hydrogen) atoms. The van der Waals surface area contributed by atoms with Crippen LogP contribution in [-0.2, 0) is 4.79 Å². The number of carbonyl (C=O) groups is 1. The summed E-state index contributed by atoms with van der Waals surface area (Å²) in [6.07, 6.45) is 3.27. The second kappa shape index (κ2) is 6.92. The molecule has 0 aliphatic carbocycles. The Morgan fingerprint density at radius 2 is 1.84 bits per heavy atom. The molecule has 0 amide bonds. The Balaban J connectivity index is 2.05. The van der Waals surface area contributed by atoms with Gasteiger partial charge in [0.15, 0.2) is 0 Å². The van der Waals surface area contributed by atoms with Crippen LogP contribution >= 0.6 is 0 Å². The predicted octanol–water partition coefficient (Wildman–Crippen LogP) is 4.24. The summed E-state index contributed by atoms with van der Waals surface area (Å²) in [4.78, 5) is 26.5. The normalized spacial score (nSPS) is 10.9. The second-order valence-corrected chi connectivity index (χ2v) is 5.31. The van der Waals surface area contributed by atoms with E-state index in [9.17, 15) is 14.9 Å². The molecule has 1 aromatic heterocycles. The quantitative estimate of drug-likeness (QED) is 0.405. The van der Waals surface area contributed by atoms with Crippen molar-refractivity contribution < 1.29 is 14.5 Å². The van der Waals surface area contributed by atoms with Crippen molar-refractivity contribution in [3.8, 4) is 5.75 Å². The third-order valence-corrected chi connectivity index (χ3v) is 3.52. The van der Waals surface area contributed by atoms with Gasteiger partial charge in [-0.05, 0) is 30.4 Å². The highest BCUT2D eigenvalue weighted by atomic mass is 16.6. The number of benzene rings is 2. The van der Waals surface area contributed by atoms with E-state index in [4.69, 9.17) is 4.74 Å². The van der Waals surface area contributed by atoms with Crippen molar-refractivity contribution in [2.75, 3.05) is 0 Å². The van der Waals surface area contributed by atoms with E-state index >= 15 is 0 Å². The lowest BCUT2D eigenvalue weighted by molar-refractivity contribution is -0.385. The zero-order valence-electron chi connectivity index (χ0n) is 13.4. The number of para-hydroxylation sites is 2. The van der Waals surface area contributed by atoms with Crippen molar-refractivity contribution in [2.24, 2.45) is 0 Å². The lowest BCUT2D eigenvalue weighted by atomic mass is 10.1. The van der Waals surface area contributed by atoms with Crippen LogP contribution in [-0.4, -0.2) is 15.9 Å². The first-order valence-corrected chi connectivity index (χ1v) is 7.54. The summed E-state index contributed by atoms with van der Waals surface area (Å²) in [5.41, 5.74) is 1.69. The molecule has 0 spiro atoms. The summed E-state index contributed by atoms with van der Waals surface area (Å²) in [5, 5.41) is 11.8. The first kappa shape index (κ1) is 16.3. The van der Waals surface area contributed by atoms with E-state index in [-0.39, 0.29) is 5.69 Å². The van der Waals surface area contributed by atoms with Gasteiger partial charge in [-0.3, -0.25) is 14.9 Å². The molecule has 0 saturated carbocycles. The van der Waals surface area contributed by atoms with E-state index in [2.05, 4.69) is 4.98 Å². The third kappa shape index (κ3) is 3.69. The Bertz CT molecular complexity index is 996. The molecule has 0 bridgehead atoms. The minimum absolute atomic E-state index is 0.0137. The van der Waals surface area contributed by atoms with Crippen LogP contribution in [0.1, 0.15) is 18.2 Å². The zero-order chi connectivity index (χ0) is 17.8. The number of esters is 1. The molecule has 3 rings (SSSR count). The average molecular weight is 334 g/mol. The van der Waals surface area contributed by atoms with Crippen LogP contribution in [0.15, 0.2) is 54.6 Å². The van der Waals surface area contributed by atoms with Crippen LogP contribution in [0.4, 0.5) is 5.69 Å². The number of hydrogen-bond acceptors (Lipinski definition) is 5. The largest absolute Gasteiger partial charge is 0.426 e. The van der Waals surface area contributed by atoms with Gasteiger partial charge in [0.1, 0.15) is 5.75 Å². The lowest BCUT2D eigenvalue weighted by Gasteiger charge is -2.07. The maximum Gasteiger partial charge on any atom is 0.308 e. The smallest absolute Gasteiger partial charge is 0.308 e. The van der Waals surface area contributed by atoms with Gasteiger partial charge in [0.05, 0.1) is 21.7 Å². The van der Waals surface area contributed by atoms with E-state index in [1.54, 1.807) is 36.4 Å². The number of pyridine rings is 1. The van der Waals surface area contributed by atoms with Gasteiger partial charge in [-0.25, -0.2) is 4.98 Å². The zero-order valence-corrected chi connectivity index (χ0v) is 13.4. The number of hydrogen-bond donors (Lipinski definition) is 0. The van der Waals surface area contributed by atoms with Crippen molar-refractivity contribution in [2.45, 2.75) is 6.92 Å². The SMILES string of the molecule is CC(=O)Oc1cc(/C=C/c2ccccc2[N+](=O)[O-])nc2ccccc12. The molecule has 0 N–H and O–H groups in total. The van der Waals surface area contributed by atoms with Crippen LogP contribution < -0.4 is 4.74 Å². The van der Waals surface area contributed by atoms with E-state index in [0.29, 0.717) is 22.5 Å². The van der Waals surface area contributed by atoms with Crippen LogP contribution in [0.2, 0.25) is 0 Å². The highest BCUT2D eigenvalue weighted by molar-refractivity contribution is 5.89. The van der Waals surface area contributed by atoms with Gasteiger partial charge in [-0.2, -0.15) is 0 Å². The van der Waals surface area contributed by atoms with Gasteiger partial charge in [0.2, 0.25) is 0 Å². The molecular formula is C19H14N2O4. The standard InChI is InChI=1S/C19H14N2O4/c1-13(22)25-19-12-15(20-17-8-4-3-7-16(17)19)11-10-14-6-2-5-9-18(14)21(23)24/h2-12H,1H3/b11-10+. The summed E-state index contributed by atoms with van der Waals surface area (Å²) in [6, 6.07) is 15.4. The number of fused-ring (bicyclic) bond motifs is 1. The maximum absolute atomic E-state index is 11.3. The van der Waals surface area contributed by atoms with Crippen LogP contribution in [0.25, 0.3) is 23.1 Å². The second-order valence-electron chi connectivity index (χ2n) is 5.31. The summed E-state index contributed by atoms with van der Waals surface area (Å²) < 4.78 is 5.26. The van der Waals surface area contributed by atoms with Gasteiger partial charge < -0.3 is 4.74 Å². The third-order valence-electron chi connectivity index (χ3n) is 3.52. The molecule has 0 aliphatic rings. The molecule has 124 valence electrons. The van der Waals surface area contributed by atoms with Gasteiger partial charge in [-0.1, -0.05) is 24.3 Å². The van der Waals surface area contributed by atoms with Crippen molar-refractivity contribution in [1.82, 2.24) is 4.98 Å². The Morgan fingerprint density at radius 3 is 2.60 bits per heavy atom. The van der Waals surface area contributed by atoms with E-state index in [1.807, 2.05) is 24.3 Å². The Hall–Kier alpha value is -3.54. The number of nitro benzene ring substituents is 1. The van der Waals surface area contributed by atoms with E-state index in [0.717, 1.165) is 5.39 Å². The van der Waals surface area contributed by atoms with Crippen LogP contribution in [0.5, 0.6) is 5.75 Å². The van der Waals surface area contributed by atoms with Crippen LogP contribution in [0, 0.1) is 10.1 Å². The molecule has 2 aromatic carbocycles. The Labute approximate surface area is 143 Å². The lowest BCUT2D eigenvalue weighted by Crippen LogP contribution is -2.02. The van der Waals surface area contributed by atoms with Crippen molar-refractivity contribution >= 4 is 34.7 Å². The topological polar surface area (TPSA) is 82.3 Å². The average Bonchev–Trinajstić information content (AvgIpc) is 2.59. The minimum atomic E-state index is -0.433. The number of nitrogens with zero attached hydrogens (tertiary/aromatic N) is 2. The monoisotopic (exact) mass is 334 g/mol. The Kier molecular flexibility index (Phi) is 4.52. The highest BCUT2D eigenvalue weighted by Gasteiger charge is 2.10. The fourth-order valence-corrected chi connectivity index (χ4v) is 2.46. The molecule has 0 fully saturated rings. The number of nitro groups is 1. The minimum Gasteiger partial charge on any atom is -0.426 e. The number of ether oxygens (including phenoxy) is 1. The van der Waals surface area contributed by atoms with Crippen molar-refractivity contribution in [3.63, 3.8) is 0 Å².